The summed E-state index contributed by atoms with van der Waals surface area (Å²) in [6.07, 6.45) is 3.27. The Hall–Kier alpha value is -1.81. The summed E-state index contributed by atoms with van der Waals surface area (Å²) in [5, 5.41) is 7.22. The third-order valence-corrected chi connectivity index (χ3v) is 5.69. The summed E-state index contributed by atoms with van der Waals surface area (Å²) in [6.45, 7) is 6.57. The van der Waals surface area contributed by atoms with Crippen molar-refractivity contribution in [1.82, 2.24) is 0 Å². The minimum atomic E-state index is -0.00254. The van der Waals surface area contributed by atoms with Crippen molar-refractivity contribution >= 4 is 27.9 Å². The Morgan fingerprint density at radius 2 is 1.83 bits per heavy atom. The lowest BCUT2D eigenvalue weighted by Gasteiger charge is -2.19. The molecule has 1 amide bonds. The molecule has 3 nitrogen and oxygen atoms in total. The quantitative estimate of drug-likeness (QED) is 0.847. The number of carbonyl (C=O) groups excluding carboxylic acids is 1. The van der Waals surface area contributed by atoms with Crippen LogP contribution in [-0.2, 0) is 18.3 Å². The highest BCUT2D eigenvalue weighted by atomic mass is 32.1. The van der Waals surface area contributed by atoms with Gasteiger partial charge >= 0.3 is 0 Å². The number of hydrogen-bond acceptors (Lipinski definition) is 3. The van der Waals surface area contributed by atoms with Crippen LogP contribution in [0.25, 0.3) is 0 Å². The van der Waals surface area contributed by atoms with Crippen LogP contribution in [0.4, 0.5) is 10.7 Å². The Kier molecular flexibility index (Phi) is 4.19. The van der Waals surface area contributed by atoms with Gasteiger partial charge in [-0.25, -0.2) is 0 Å². The number of thiophene rings is 1. The second kappa shape index (κ2) is 6.00. The van der Waals surface area contributed by atoms with Gasteiger partial charge < -0.3 is 10.6 Å². The zero-order valence-corrected chi connectivity index (χ0v) is 15.1. The summed E-state index contributed by atoms with van der Waals surface area (Å²) in [6, 6.07) is 8.16. The van der Waals surface area contributed by atoms with Gasteiger partial charge in [0, 0.05) is 17.6 Å². The Bertz CT molecular complexity index is 723. The second-order valence-corrected chi connectivity index (χ2v) is 8.20. The Labute approximate surface area is 142 Å². The summed E-state index contributed by atoms with van der Waals surface area (Å²) in [7, 11) is 1.88. The second-order valence-electron chi connectivity index (χ2n) is 7.09. The van der Waals surface area contributed by atoms with Gasteiger partial charge in [-0.1, -0.05) is 32.9 Å². The van der Waals surface area contributed by atoms with Crippen molar-refractivity contribution < 1.29 is 4.79 Å². The maximum atomic E-state index is 12.8. The minimum Gasteiger partial charge on any atom is -0.379 e. The molecule has 0 atom stereocenters. The van der Waals surface area contributed by atoms with Gasteiger partial charge in [0.05, 0.1) is 5.56 Å². The van der Waals surface area contributed by atoms with Crippen molar-refractivity contribution in [3.05, 3.63) is 45.8 Å². The number of benzene rings is 1. The first-order valence-electron chi connectivity index (χ1n) is 8.14. The van der Waals surface area contributed by atoms with Crippen LogP contribution in [0.5, 0.6) is 0 Å². The highest BCUT2D eigenvalue weighted by Crippen LogP contribution is 2.39. The van der Waals surface area contributed by atoms with E-state index in [1.807, 2.05) is 19.2 Å². The van der Waals surface area contributed by atoms with Crippen molar-refractivity contribution in [3.8, 4) is 0 Å². The Morgan fingerprint density at radius 3 is 2.43 bits per heavy atom. The normalized spacial score (nSPS) is 13.7. The van der Waals surface area contributed by atoms with E-state index >= 15 is 0 Å². The van der Waals surface area contributed by atoms with Gasteiger partial charge in [0.1, 0.15) is 5.00 Å². The molecule has 0 bridgehead atoms. The topological polar surface area (TPSA) is 41.1 Å². The van der Waals surface area contributed by atoms with Gasteiger partial charge in [-0.2, -0.15) is 0 Å². The number of hydrogen-bond donors (Lipinski definition) is 2. The molecule has 0 saturated heterocycles. The van der Waals surface area contributed by atoms with Gasteiger partial charge in [-0.3, -0.25) is 4.79 Å². The van der Waals surface area contributed by atoms with E-state index in [0.717, 1.165) is 35.5 Å². The molecule has 0 unspecified atom stereocenters. The molecular weight excluding hydrogens is 304 g/mol. The van der Waals surface area contributed by atoms with Crippen molar-refractivity contribution in [2.75, 3.05) is 17.7 Å². The molecule has 3 rings (SSSR count). The lowest BCUT2D eigenvalue weighted by atomic mass is 9.87. The summed E-state index contributed by atoms with van der Waals surface area (Å²) in [5.41, 5.74) is 4.31. The van der Waals surface area contributed by atoms with E-state index in [1.54, 1.807) is 11.3 Å². The lowest BCUT2D eigenvalue weighted by molar-refractivity contribution is 0.102. The number of amides is 1. The standard InChI is InChI=1S/C19H24N2OS/c1-19(2,3)12-8-10-13(11-9-12)21-17(22)16-14-6-5-7-15(14)23-18(16)20-4/h8-11,20H,5-7H2,1-4H3,(H,21,22). The predicted molar refractivity (Wildman–Crippen MR) is 99.0 cm³/mol. The van der Waals surface area contributed by atoms with Crippen LogP contribution in [0.3, 0.4) is 0 Å². The van der Waals surface area contributed by atoms with E-state index in [9.17, 15) is 4.79 Å². The van der Waals surface area contributed by atoms with E-state index in [1.165, 1.54) is 16.0 Å². The summed E-state index contributed by atoms with van der Waals surface area (Å²) < 4.78 is 0. The SMILES string of the molecule is CNc1sc2c(c1C(=O)Nc1ccc(C(C)(C)C)cc1)CCC2. The Balaban J connectivity index is 1.83. The molecule has 1 aliphatic rings. The molecule has 0 aliphatic heterocycles. The lowest BCUT2D eigenvalue weighted by Crippen LogP contribution is -2.15. The molecule has 2 aromatic rings. The molecule has 1 aliphatic carbocycles. The molecule has 0 fully saturated rings. The number of aryl methyl sites for hydroxylation is 1. The summed E-state index contributed by atoms with van der Waals surface area (Å²) >= 11 is 1.72. The van der Waals surface area contributed by atoms with Crippen molar-refractivity contribution in [1.29, 1.82) is 0 Å². The van der Waals surface area contributed by atoms with E-state index in [4.69, 9.17) is 0 Å². The molecule has 23 heavy (non-hydrogen) atoms. The first kappa shape index (κ1) is 16.1. The van der Waals surface area contributed by atoms with Crippen molar-refractivity contribution in [2.24, 2.45) is 0 Å². The number of carbonyl (C=O) groups is 1. The largest absolute Gasteiger partial charge is 0.379 e. The smallest absolute Gasteiger partial charge is 0.258 e. The number of rotatable bonds is 3. The van der Waals surface area contributed by atoms with E-state index in [-0.39, 0.29) is 11.3 Å². The highest BCUT2D eigenvalue weighted by Gasteiger charge is 2.26. The molecule has 122 valence electrons. The zero-order valence-electron chi connectivity index (χ0n) is 14.2. The van der Waals surface area contributed by atoms with Gasteiger partial charge in [0.15, 0.2) is 0 Å². The monoisotopic (exact) mass is 328 g/mol. The molecule has 2 N–H and O–H groups in total. The first-order valence-corrected chi connectivity index (χ1v) is 8.96. The number of anilines is 2. The first-order chi connectivity index (χ1) is 10.9. The van der Waals surface area contributed by atoms with Crippen molar-refractivity contribution in [2.45, 2.75) is 45.4 Å². The van der Waals surface area contributed by atoms with E-state index in [0.29, 0.717) is 0 Å². The van der Waals surface area contributed by atoms with Crippen LogP contribution in [0.15, 0.2) is 24.3 Å². The fraction of sp³-hybridized carbons (Fsp3) is 0.421. The highest BCUT2D eigenvalue weighted by molar-refractivity contribution is 7.16. The maximum absolute atomic E-state index is 12.8. The van der Waals surface area contributed by atoms with E-state index in [2.05, 4.69) is 43.5 Å². The molecule has 1 aromatic heterocycles. The summed E-state index contributed by atoms with van der Waals surface area (Å²) in [5.74, 6) is -0.00254. The van der Waals surface area contributed by atoms with Gasteiger partial charge in [0.2, 0.25) is 0 Å². The minimum absolute atomic E-state index is 0.00254. The zero-order chi connectivity index (χ0) is 16.6. The van der Waals surface area contributed by atoms with Gasteiger partial charge in [0.25, 0.3) is 5.91 Å². The van der Waals surface area contributed by atoms with Crippen molar-refractivity contribution in [3.63, 3.8) is 0 Å². The molecule has 4 heteroatoms. The van der Waals surface area contributed by atoms with Crippen LogP contribution in [0, 0.1) is 0 Å². The average molecular weight is 328 g/mol. The molecular formula is C19H24N2OS. The summed E-state index contributed by atoms with van der Waals surface area (Å²) in [4.78, 5) is 14.1. The fourth-order valence-corrected chi connectivity index (χ4v) is 4.31. The molecule has 1 aromatic carbocycles. The van der Waals surface area contributed by atoms with E-state index < -0.39 is 0 Å². The third-order valence-electron chi connectivity index (χ3n) is 4.38. The van der Waals surface area contributed by atoms with Gasteiger partial charge in [-0.05, 0) is 47.9 Å². The van der Waals surface area contributed by atoms with Crippen LogP contribution in [0.2, 0.25) is 0 Å². The molecule has 0 saturated carbocycles. The predicted octanol–water partition coefficient (Wildman–Crippen LogP) is 4.83. The Morgan fingerprint density at radius 1 is 1.13 bits per heavy atom. The third kappa shape index (κ3) is 3.13. The van der Waals surface area contributed by atoms with Gasteiger partial charge in [-0.15, -0.1) is 11.3 Å². The van der Waals surface area contributed by atoms with Crippen LogP contribution < -0.4 is 10.6 Å². The average Bonchev–Trinajstić information content (AvgIpc) is 3.06. The number of nitrogens with one attached hydrogen (secondary N) is 2. The van der Waals surface area contributed by atoms with Crippen LogP contribution in [-0.4, -0.2) is 13.0 Å². The molecule has 0 radical (unpaired) electrons. The number of fused-ring (bicyclic) bond motifs is 1. The fourth-order valence-electron chi connectivity index (χ4n) is 3.07. The molecule has 1 heterocycles. The molecule has 0 spiro atoms. The van der Waals surface area contributed by atoms with Crippen LogP contribution >= 0.6 is 11.3 Å². The van der Waals surface area contributed by atoms with Crippen LogP contribution in [0.1, 0.15) is 53.6 Å². The maximum Gasteiger partial charge on any atom is 0.258 e.